The van der Waals surface area contributed by atoms with Crippen molar-refractivity contribution in [2.45, 2.75) is 65.2 Å². The van der Waals surface area contributed by atoms with Gasteiger partial charge in [-0.1, -0.05) is 34.9 Å². The Kier molecular flexibility index (Phi) is 3.44. The molecule has 4 rings (SSSR count). The summed E-state index contributed by atoms with van der Waals surface area (Å²) in [5, 5.41) is 0. The van der Waals surface area contributed by atoms with Crippen molar-refractivity contribution < 1.29 is 0 Å². The summed E-state index contributed by atoms with van der Waals surface area (Å²) < 4.78 is 0. The van der Waals surface area contributed by atoms with Gasteiger partial charge in [0.05, 0.1) is 0 Å². The van der Waals surface area contributed by atoms with Crippen LogP contribution in [0, 0.1) is 17.8 Å². The third-order valence-corrected chi connectivity index (χ3v) is 6.03. The molecule has 21 heavy (non-hydrogen) atoms. The van der Waals surface area contributed by atoms with E-state index in [4.69, 9.17) is 0 Å². The zero-order chi connectivity index (χ0) is 14.4. The molecule has 4 aliphatic carbocycles. The highest BCUT2D eigenvalue weighted by Crippen LogP contribution is 2.50. The van der Waals surface area contributed by atoms with E-state index in [0.717, 1.165) is 17.8 Å². The molecule has 0 N–H and O–H groups in total. The molecular formula is C21H28. The molecule has 0 aliphatic heterocycles. The Labute approximate surface area is 129 Å². The van der Waals surface area contributed by atoms with Crippen LogP contribution in [0.1, 0.15) is 65.2 Å². The zero-order valence-corrected chi connectivity index (χ0v) is 13.6. The lowest BCUT2D eigenvalue weighted by Gasteiger charge is -2.34. The third kappa shape index (κ3) is 2.70. The second-order valence-electron chi connectivity index (χ2n) is 7.60. The molecule has 0 bridgehead atoms. The maximum atomic E-state index is 2.65. The van der Waals surface area contributed by atoms with E-state index in [1.54, 1.807) is 27.9 Å². The monoisotopic (exact) mass is 280 g/mol. The van der Waals surface area contributed by atoms with Crippen molar-refractivity contribution in [3.63, 3.8) is 0 Å². The van der Waals surface area contributed by atoms with Gasteiger partial charge in [-0.25, -0.2) is 0 Å². The van der Waals surface area contributed by atoms with Crippen molar-refractivity contribution in [3.8, 4) is 0 Å². The van der Waals surface area contributed by atoms with Crippen molar-refractivity contribution in [2.24, 2.45) is 17.8 Å². The van der Waals surface area contributed by atoms with Crippen LogP contribution in [-0.2, 0) is 0 Å². The van der Waals surface area contributed by atoms with Gasteiger partial charge < -0.3 is 0 Å². The zero-order valence-electron chi connectivity index (χ0n) is 13.6. The van der Waals surface area contributed by atoms with E-state index in [1.807, 2.05) is 0 Å². The van der Waals surface area contributed by atoms with Gasteiger partial charge in [0.15, 0.2) is 0 Å². The van der Waals surface area contributed by atoms with Gasteiger partial charge in [0.2, 0.25) is 0 Å². The minimum Gasteiger partial charge on any atom is -0.0847 e. The van der Waals surface area contributed by atoms with Crippen LogP contribution in [0.3, 0.4) is 0 Å². The summed E-state index contributed by atoms with van der Waals surface area (Å²) in [6.07, 6.45) is 18.6. The number of allylic oxidation sites excluding steroid dienone is 8. The fourth-order valence-electron chi connectivity index (χ4n) is 4.26. The van der Waals surface area contributed by atoms with Crippen LogP contribution in [0.15, 0.2) is 46.1 Å². The summed E-state index contributed by atoms with van der Waals surface area (Å²) in [7, 11) is 0. The predicted octanol–water partition coefficient (Wildman–Crippen LogP) is 6.13. The van der Waals surface area contributed by atoms with E-state index < -0.39 is 0 Å². The Morgan fingerprint density at radius 2 is 2.00 bits per heavy atom. The largest absolute Gasteiger partial charge is 0.0847 e. The molecule has 0 saturated heterocycles. The number of hydrogen-bond acceptors (Lipinski definition) is 0. The van der Waals surface area contributed by atoms with Gasteiger partial charge in [0.1, 0.15) is 0 Å². The average molecular weight is 280 g/mol. The first-order chi connectivity index (χ1) is 10.3. The summed E-state index contributed by atoms with van der Waals surface area (Å²) in [6, 6.07) is 0. The van der Waals surface area contributed by atoms with Crippen molar-refractivity contribution >= 4 is 0 Å². The molecule has 3 saturated carbocycles. The van der Waals surface area contributed by atoms with Gasteiger partial charge in [-0.3, -0.25) is 0 Å². The fourth-order valence-corrected chi connectivity index (χ4v) is 4.26. The van der Waals surface area contributed by atoms with Crippen LogP contribution in [0.2, 0.25) is 0 Å². The van der Waals surface area contributed by atoms with Gasteiger partial charge in [-0.2, -0.15) is 0 Å². The molecule has 0 radical (unpaired) electrons. The van der Waals surface area contributed by atoms with Gasteiger partial charge in [0, 0.05) is 5.92 Å². The lowest BCUT2D eigenvalue weighted by Crippen LogP contribution is -2.20. The first-order valence-corrected chi connectivity index (χ1v) is 9.01. The van der Waals surface area contributed by atoms with E-state index in [0.29, 0.717) is 0 Å². The normalized spacial score (nSPS) is 36.6. The SMILES string of the molecule is CC=C1CC(C)=C2CC2CCC=C2CCC2C1=CC1CC1. The van der Waals surface area contributed by atoms with Crippen molar-refractivity contribution in [2.75, 3.05) is 0 Å². The van der Waals surface area contributed by atoms with Crippen molar-refractivity contribution in [3.05, 3.63) is 46.1 Å². The van der Waals surface area contributed by atoms with Crippen LogP contribution in [0.4, 0.5) is 0 Å². The van der Waals surface area contributed by atoms with Crippen LogP contribution in [-0.4, -0.2) is 0 Å². The van der Waals surface area contributed by atoms with Gasteiger partial charge in [0.25, 0.3) is 0 Å². The smallest absolute Gasteiger partial charge is 0.00508 e. The summed E-state index contributed by atoms with van der Waals surface area (Å²) in [4.78, 5) is 0. The molecule has 0 spiro atoms. The number of hydrogen-bond donors (Lipinski definition) is 0. The Balaban J connectivity index is 1.70. The molecule has 2 atom stereocenters. The lowest BCUT2D eigenvalue weighted by atomic mass is 9.71. The van der Waals surface area contributed by atoms with E-state index in [1.165, 1.54) is 51.4 Å². The van der Waals surface area contributed by atoms with Gasteiger partial charge in [-0.15, -0.1) is 0 Å². The molecule has 4 aliphatic rings. The Bertz CT molecular complexity index is 563. The topological polar surface area (TPSA) is 0 Å². The second-order valence-corrected chi connectivity index (χ2v) is 7.60. The summed E-state index contributed by atoms with van der Waals surface area (Å²) in [6.45, 7) is 4.64. The first-order valence-electron chi connectivity index (χ1n) is 9.01. The molecule has 0 heteroatoms. The molecule has 2 unspecified atom stereocenters. The Morgan fingerprint density at radius 3 is 2.67 bits per heavy atom. The maximum absolute atomic E-state index is 2.65. The van der Waals surface area contributed by atoms with Crippen LogP contribution in [0.25, 0.3) is 0 Å². The highest BCUT2D eigenvalue weighted by Gasteiger charge is 2.35. The van der Waals surface area contributed by atoms with Crippen LogP contribution in [0.5, 0.6) is 0 Å². The quantitative estimate of drug-likeness (QED) is 0.507. The molecule has 0 nitrogen and oxygen atoms in total. The van der Waals surface area contributed by atoms with Gasteiger partial charge in [-0.05, 0) is 88.2 Å². The fraction of sp³-hybridized carbons (Fsp3) is 0.619. The standard InChI is InChI=1S/C21H28/c1-3-16-11-14(2)20-13-18(20)6-4-5-17-9-10-19(17)21(16)12-15-7-8-15/h3,5,12,15,18-19H,4,6-11,13H2,1-2H3. The summed E-state index contributed by atoms with van der Waals surface area (Å²) in [5.41, 5.74) is 8.56. The number of rotatable bonds is 1. The molecule has 112 valence electrons. The van der Waals surface area contributed by atoms with Crippen LogP contribution < -0.4 is 0 Å². The molecule has 0 aromatic rings. The highest BCUT2D eigenvalue weighted by molar-refractivity contribution is 5.45. The molecule has 0 amide bonds. The van der Waals surface area contributed by atoms with E-state index in [-0.39, 0.29) is 0 Å². The molecule has 0 aromatic carbocycles. The van der Waals surface area contributed by atoms with Crippen molar-refractivity contribution in [1.29, 1.82) is 0 Å². The lowest BCUT2D eigenvalue weighted by molar-refractivity contribution is 0.502. The first kappa shape index (κ1) is 13.6. The predicted molar refractivity (Wildman–Crippen MR) is 90.0 cm³/mol. The average Bonchev–Trinajstić information content (AvgIpc) is 3.32. The minimum absolute atomic E-state index is 0.768. The van der Waals surface area contributed by atoms with Crippen molar-refractivity contribution in [1.82, 2.24) is 0 Å². The molecule has 0 aromatic heterocycles. The van der Waals surface area contributed by atoms with E-state index >= 15 is 0 Å². The third-order valence-electron chi connectivity index (χ3n) is 6.03. The second kappa shape index (κ2) is 5.30. The highest BCUT2D eigenvalue weighted by atomic mass is 14.4. The number of fused-ring (bicyclic) bond motifs is 2. The van der Waals surface area contributed by atoms with Gasteiger partial charge >= 0.3 is 0 Å². The molecular weight excluding hydrogens is 252 g/mol. The minimum atomic E-state index is 0.768. The summed E-state index contributed by atoms with van der Waals surface area (Å²) >= 11 is 0. The van der Waals surface area contributed by atoms with E-state index in [2.05, 4.69) is 32.1 Å². The summed E-state index contributed by atoms with van der Waals surface area (Å²) in [5.74, 6) is 2.58. The Hall–Kier alpha value is -1.04. The Morgan fingerprint density at radius 1 is 1.14 bits per heavy atom. The van der Waals surface area contributed by atoms with E-state index in [9.17, 15) is 0 Å². The molecule has 0 heterocycles. The van der Waals surface area contributed by atoms with Crippen LogP contribution >= 0.6 is 0 Å². The molecule has 3 fully saturated rings. The maximum Gasteiger partial charge on any atom is 0.00508 e.